The summed E-state index contributed by atoms with van der Waals surface area (Å²) >= 11 is 0. The average molecular weight is 426 g/mol. The van der Waals surface area contributed by atoms with E-state index in [0.717, 1.165) is 17.4 Å². The summed E-state index contributed by atoms with van der Waals surface area (Å²) < 4.78 is 11.4. The van der Waals surface area contributed by atoms with E-state index in [1.807, 2.05) is 19.1 Å². The molecule has 1 aromatic rings. The number of ether oxygens (including phenoxy) is 2. The first kappa shape index (κ1) is 23.8. The molecule has 0 bridgehead atoms. The maximum absolute atomic E-state index is 9.77. The molecule has 0 unspecified atom stereocenters. The highest BCUT2D eigenvalue weighted by molar-refractivity contribution is 5.83. The van der Waals surface area contributed by atoms with Crippen LogP contribution >= 0.6 is 0 Å². The standard InChI is InChI=1S/C16H24N2O2.C4H6O6/c1-12-14(3-4-15(18-12)19-2)20-16(8-9-16)7-5-13-6-10-17-11-13;5-1(3(7)8)2(6)4(9)10/h3-4,13,17H,5-11H2,1-2H3;1-2,5-6H,(H,7,8)(H,9,10)/t13-;1-,2-/m01/s1. The van der Waals surface area contributed by atoms with Gasteiger partial charge in [0.25, 0.3) is 0 Å². The van der Waals surface area contributed by atoms with Gasteiger partial charge in [-0.15, -0.1) is 0 Å². The van der Waals surface area contributed by atoms with Crippen LogP contribution in [0, 0.1) is 12.8 Å². The first-order valence-electron chi connectivity index (χ1n) is 9.90. The van der Waals surface area contributed by atoms with Gasteiger partial charge in [-0.1, -0.05) is 0 Å². The number of hydrogen-bond donors (Lipinski definition) is 5. The van der Waals surface area contributed by atoms with E-state index in [-0.39, 0.29) is 5.60 Å². The van der Waals surface area contributed by atoms with Crippen molar-refractivity contribution in [2.24, 2.45) is 5.92 Å². The molecule has 2 fully saturated rings. The van der Waals surface area contributed by atoms with Gasteiger partial charge in [-0.3, -0.25) is 0 Å². The fraction of sp³-hybridized carbons (Fsp3) is 0.650. The highest BCUT2D eigenvalue weighted by atomic mass is 16.5. The number of methoxy groups -OCH3 is 1. The van der Waals surface area contributed by atoms with Crippen molar-refractivity contribution in [3.8, 4) is 11.6 Å². The lowest BCUT2D eigenvalue weighted by Gasteiger charge is -2.21. The molecule has 3 rings (SSSR count). The quantitative estimate of drug-likeness (QED) is 0.378. The molecule has 1 aliphatic heterocycles. The highest BCUT2D eigenvalue weighted by Crippen LogP contribution is 2.45. The van der Waals surface area contributed by atoms with E-state index in [1.54, 1.807) is 7.11 Å². The number of aliphatic hydroxyl groups is 2. The van der Waals surface area contributed by atoms with Crippen LogP contribution in [0.5, 0.6) is 11.6 Å². The fourth-order valence-corrected chi connectivity index (χ4v) is 3.22. The molecule has 0 radical (unpaired) electrons. The third-order valence-electron chi connectivity index (χ3n) is 5.33. The first-order chi connectivity index (χ1) is 14.2. The molecule has 2 heterocycles. The van der Waals surface area contributed by atoms with E-state index in [0.29, 0.717) is 5.88 Å². The predicted octanol–water partition coefficient (Wildman–Crippen LogP) is 0.577. The lowest BCUT2D eigenvalue weighted by Crippen LogP contribution is -2.39. The number of carboxylic acids is 2. The van der Waals surface area contributed by atoms with E-state index in [4.69, 9.17) is 29.9 Å². The molecular weight excluding hydrogens is 396 g/mol. The van der Waals surface area contributed by atoms with Crippen LogP contribution in [-0.4, -0.2) is 75.4 Å². The summed E-state index contributed by atoms with van der Waals surface area (Å²) in [6.45, 7) is 4.34. The maximum atomic E-state index is 9.77. The molecule has 1 saturated carbocycles. The number of aliphatic hydroxyl groups excluding tert-OH is 2. The molecule has 1 saturated heterocycles. The number of carbonyl (C=O) groups is 2. The fourth-order valence-electron chi connectivity index (χ4n) is 3.22. The largest absolute Gasteiger partial charge is 0.485 e. The smallest absolute Gasteiger partial charge is 0.335 e. The van der Waals surface area contributed by atoms with Crippen LogP contribution in [0.15, 0.2) is 12.1 Å². The molecule has 1 aromatic heterocycles. The van der Waals surface area contributed by atoms with Gasteiger partial charge in [0.1, 0.15) is 11.4 Å². The molecule has 5 N–H and O–H groups in total. The van der Waals surface area contributed by atoms with Gasteiger partial charge in [0.15, 0.2) is 12.2 Å². The lowest BCUT2D eigenvalue weighted by molar-refractivity contribution is -0.165. The number of aromatic nitrogens is 1. The molecular formula is C20H30N2O8. The molecule has 30 heavy (non-hydrogen) atoms. The van der Waals surface area contributed by atoms with Crippen molar-refractivity contribution < 1.29 is 39.5 Å². The van der Waals surface area contributed by atoms with Crippen LogP contribution in [0.3, 0.4) is 0 Å². The van der Waals surface area contributed by atoms with Gasteiger partial charge in [0.05, 0.1) is 12.8 Å². The molecule has 10 nitrogen and oxygen atoms in total. The van der Waals surface area contributed by atoms with Crippen molar-refractivity contribution in [2.45, 2.75) is 56.8 Å². The summed E-state index contributed by atoms with van der Waals surface area (Å²) in [6.07, 6.45) is 1.59. The molecule has 0 aromatic carbocycles. The summed E-state index contributed by atoms with van der Waals surface area (Å²) in [4.78, 5) is 23.9. The molecule has 168 valence electrons. The van der Waals surface area contributed by atoms with Gasteiger partial charge < -0.3 is 35.2 Å². The zero-order valence-corrected chi connectivity index (χ0v) is 17.2. The third-order valence-corrected chi connectivity index (χ3v) is 5.33. The molecule has 1 aliphatic carbocycles. The number of carboxylic acid groups (broad SMARTS) is 2. The monoisotopic (exact) mass is 426 g/mol. The summed E-state index contributed by atoms with van der Waals surface area (Å²) in [5, 5.41) is 36.0. The SMILES string of the molecule is COc1ccc(OC2(CC[C@H]3CCNC3)CC2)c(C)n1.O=C(O)[C@H](O)[C@@H](O)C(=O)O. The summed E-state index contributed by atoms with van der Waals surface area (Å²) in [5.74, 6) is -1.14. The number of rotatable bonds is 9. The average Bonchev–Trinajstić information content (AvgIpc) is 3.27. The van der Waals surface area contributed by atoms with Gasteiger partial charge in [0.2, 0.25) is 5.88 Å². The van der Waals surface area contributed by atoms with Gasteiger partial charge in [-0.25, -0.2) is 14.6 Å². The normalized spacial score (nSPS) is 21.0. The number of nitrogens with zero attached hydrogens (tertiary/aromatic N) is 1. The maximum Gasteiger partial charge on any atom is 0.335 e. The minimum atomic E-state index is -2.27. The molecule has 0 spiro atoms. The summed E-state index contributed by atoms with van der Waals surface area (Å²) in [7, 11) is 1.64. The Bertz CT molecular complexity index is 714. The van der Waals surface area contributed by atoms with Crippen LogP contribution in [0.2, 0.25) is 0 Å². The van der Waals surface area contributed by atoms with Crippen LogP contribution in [0.25, 0.3) is 0 Å². The summed E-state index contributed by atoms with van der Waals surface area (Å²) in [5.41, 5.74) is 1.00. The summed E-state index contributed by atoms with van der Waals surface area (Å²) in [6, 6.07) is 3.86. The van der Waals surface area contributed by atoms with E-state index < -0.39 is 24.1 Å². The van der Waals surface area contributed by atoms with Crippen LogP contribution in [0.1, 0.15) is 37.8 Å². The van der Waals surface area contributed by atoms with Gasteiger partial charge >= 0.3 is 11.9 Å². The minimum absolute atomic E-state index is 0.0869. The molecule has 3 atom stereocenters. The predicted molar refractivity (Wildman–Crippen MR) is 106 cm³/mol. The number of pyridine rings is 1. The Morgan fingerprint density at radius 3 is 2.30 bits per heavy atom. The van der Waals surface area contributed by atoms with Gasteiger partial charge in [-0.2, -0.15) is 0 Å². The number of nitrogens with one attached hydrogen (secondary N) is 1. The first-order valence-corrected chi connectivity index (χ1v) is 9.90. The third kappa shape index (κ3) is 6.82. The van der Waals surface area contributed by atoms with E-state index >= 15 is 0 Å². The van der Waals surface area contributed by atoms with E-state index in [2.05, 4.69) is 10.3 Å². The van der Waals surface area contributed by atoms with Crippen LogP contribution in [-0.2, 0) is 9.59 Å². The second kappa shape index (κ2) is 10.6. The van der Waals surface area contributed by atoms with Gasteiger partial charge in [0, 0.05) is 6.07 Å². The number of hydrogen-bond acceptors (Lipinski definition) is 8. The van der Waals surface area contributed by atoms with Crippen LogP contribution in [0.4, 0.5) is 0 Å². The second-order valence-electron chi connectivity index (χ2n) is 7.69. The highest BCUT2D eigenvalue weighted by Gasteiger charge is 2.45. The Morgan fingerprint density at radius 1 is 1.23 bits per heavy atom. The molecule has 10 heteroatoms. The topological polar surface area (TPSA) is 158 Å². The Hall–Kier alpha value is -2.43. The van der Waals surface area contributed by atoms with E-state index in [9.17, 15) is 9.59 Å². The zero-order chi connectivity index (χ0) is 22.3. The van der Waals surface area contributed by atoms with Crippen LogP contribution < -0.4 is 14.8 Å². The lowest BCUT2D eigenvalue weighted by atomic mass is 9.99. The minimum Gasteiger partial charge on any atom is -0.485 e. The Morgan fingerprint density at radius 2 is 1.87 bits per heavy atom. The second-order valence-corrected chi connectivity index (χ2v) is 7.69. The van der Waals surface area contributed by atoms with Crippen molar-refractivity contribution >= 4 is 11.9 Å². The van der Waals surface area contributed by atoms with E-state index in [1.165, 1.54) is 45.2 Å². The van der Waals surface area contributed by atoms with Crippen molar-refractivity contribution in [3.05, 3.63) is 17.8 Å². The Labute approximate surface area is 174 Å². The van der Waals surface area contributed by atoms with Crippen molar-refractivity contribution in [2.75, 3.05) is 20.2 Å². The Kier molecular flexibility index (Phi) is 8.39. The number of aliphatic carboxylic acids is 2. The number of aryl methyl sites for hydroxylation is 1. The van der Waals surface area contributed by atoms with Gasteiger partial charge in [-0.05, 0) is 64.1 Å². The molecule has 0 amide bonds. The van der Waals surface area contributed by atoms with Crippen molar-refractivity contribution in [1.29, 1.82) is 0 Å². The zero-order valence-electron chi connectivity index (χ0n) is 17.2. The van der Waals surface area contributed by atoms with Crippen molar-refractivity contribution in [1.82, 2.24) is 10.3 Å². The van der Waals surface area contributed by atoms with Crippen molar-refractivity contribution in [3.63, 3.8) is 0 Å². The molecule has 2 aliphatic rings. The Balaban J connectivity index is 0.000000274.